The molecule has 1 heterocycles. The number of benzene rings is 2. The molecule has 0 radical (unpaired) electrons. The van der Waals surface area contributed by atoms with E-state index < -0.39 is 0 Å². The monoisotopic (exact) mass is 278 g/mol. The molecule has 5 heteroatoms. The van der Waals surface area contributed by atoms with Crippen LogP contribution >= 0.6 is 0 Å². The maximum atomic E-state index is 12.1. The molecule has 104 valence electrons. The van der Waals surface area contributed by atoms with Gasteiger partial charge in [0, 0.05) is 18.1 Å². The van der Waals surface area contributed by atoms with Crippen molar-refractivity contribution in [3.8, 4) is 5.69 Å². The molecule has 3 aromatic rings. The van der Waals surface area contributed by atoms with Crippen molar-refractivity contribution < 1.29 is 4.79 Å². The highest BCUT2D eigenvalue weighted by Gasteiger charge is 2.08. The smallest absolute Gasteiger partial charge is 0.308 e. The molecule has 0 aliphatic carbocycles. The zero-order valence-corrected chi connectivity index (χ0v) is 11.2. The first-order chi connectivity index (χ1) is 10.3. The van der Waals surface area contributed by atoms with Crippen LogP contribution in [-0.2, 0) is 0 Å². The Kier molecular flexibility index (Phi) is 3.64. The number of hydrogen-bond acceptors (Lipinski definition) is 2. The highest BCUT2D eigenvalue weighted by molar-refractivity contribution is 6.00. The van der Waals surface area contributed by atoms with E-state index in [1.807, 2.05) is 66.9 Å². The Balaban J connectivity index is 1.78. The lowest BCUT2D eigenvalue weighted by atomic mass is 10.2. The molecule has 0 spiro atoms. The molecule has 1 aromatic heterocycles. The summed E-state index contributed by atoms with van der Waals surface area (Å²) in [5, 5.41) is 9.80. The lowest BCUT2D eigenvalue weighted by molar-refractivity contribution is 0.262. The van der Waals surface area contributed by atoms with E-state index in [4.69, 9.17) is 0 Å². The van der Waals surface area contributed by atoms with E-state index in [1.165, 1.54) is 0 Å². The Hall–Kier alpha value is -3.08. The normalized spacial score (nSPS) is 10.1. The van der Waals surface area contributed by atoms with E-state index in [2.05, 4.69) is 15.7 Å². The van der Waals surface area contributed by atoms with Gasteiger partial charge < -0.3 is 10.6 Å². The van der Waals surface area contributed by atoms with E-state index in [0.717, 1.165) is 11.4 Å². The Morgan fingerprint density at radius 2 is 1.67 bits per heavy atom. The van der Waals surface area contributed by atoms with Crippen LogP contribution in [-0.4, -0.2) is 15.8 Å². The van der Waals surface area contributed by atoms with Crippen molar-refractivity contribution in [3.63, 3.8) is 0 Å². The third-order valence-corrected chi connectivity index (χ3v) is 2.94. The Morgan fingerprint density at radius 1 is 0.905 bits per heavy atom. The summed E-state index contributed by atoms with van der Waals surface area (Å²) in [4.78, 5) is 12.1. The topological polar surface area (TPSA) is 59.0 Å². The number of carbonyl (C=O) groups excluding carboxylic acids is 1. The lowest BCUT2D eigenvalue weighted by Crippen LogP contribution is -2.20. The number of amides is 2. The van der Waals surface area contributed by atoms with Crippen LogP contribution < -0.4 is 10.6 Å². The molecule has 0 aliphatic heterocycles. The maximum Gasteiger partial charge on any atom is 0.323 e. The van der Waals surface area contributed by atoms with Gasteiger partial charge in [-0.25, -0.2) is 9.48 Å². The number of para-hydroxylation sites is 3. The number of rotatable bonds is 3. The van der Waals surface area contributed by atoms with Crippen molar-refractivity contribution in [1.82, 2.24) is 9.78 Å². The predicted molar refractivity (Wildman–Crippen MR) is 82.6 cm³/mol. The summed E-state index contributed by atoms with van der Waals surface area (Å²) in [6, 6.07) is 18.3. The van der Waals surface area contributed by atoms with E-state index in [0.29, 0.717) is 5.69 Å². The van der Waals surface area contributed by atoms with Gasteiger partial charge in [0.1, 0.15) is 0 Å². The maximum absolute atomic E-state index is 12.1. The van der Waals surface area contributed by atoms with E-state index in [9.17, 15) is 4.79 Å². The van der Waals surface area contributed by atoms with Crippen molar-refractivity contribution in [2.24, 2.45) is 0 Å². The van der Waals surface area contributed by atoms with Crippen LogP contribution in [0.3, 0.4) is 0 Å². The van der Waals surface area contributed by atoms with Gasteiger partial charge in [-0.2, -0.15) is 5.10 Å². The molecule has 2 amide bonds. The van der Waals surface area contributed by atoms with Crippen LogP contribution in [0.1, 0.15) is 0 Å². The summed E-state index contributed by atoms with van der Waals surface area (Å²) in [6.45, 7) is 0. The molecule has 3 rings (SSSR count). The summed E-state index contributed by atoms with van der Waals surface area (Å²) in [5.41, 5.74) is 2.24. The molecule has 0 unspecified atom stereocenters. The van der Waals surface area contributed by atoms with E-state index in [-0.39, 0.29) is 6.03 Å². The van der Waals surface area contributed by atoms with Crippen LogP contribution in [0.2, 0.25) is 0 Å². The average molecular weight is 278 g/mol. The molecule has 5 nitrogen and oxygen atoms in total. The number of aromatic nitrogens is 2. The van der Waals surface area contributed by atoms with Crippen molar-refractivity contribution in [3.05, 3.63) is 73.1 Å². The lowest BCUT2D eigenvalue weighted by Gasteiger charge is -2.11. The quantitative estimate of drug-likeness (QED) is 0.770. The van der Waals surface area contributed by atoms with Crippen LogP contribution in [0, 0.1) is 0 Å². The van der Waals surface area contributed by atoms with Crippen molar-refractivity contribution in [1.29, 1.82) is 0 Å². The molecule has 0 aliphatic rings. The summed E-state index contributed by atoms with van der Waals surface area (Å²) >= 11 is 0. The number of anilines is 2. The Bertz CT molecular complexity index is 723. The molecule has 21 heavy (non-hydrogen) atoms. The molecule has 2 N–H and O–H groups in total. The SMILES string of the molecule is O=C(Nc1ccccc1)Nc1ccccc1-n1cccn1. The summed E-state index contributed by atoms with van der Waals surface area (Å²) in [5.74, 6) is 0. The predicted octanol–water partition coefficient (Wildman–Crippen LogP) is 3.52. The highest BCUT2D eigenvalue weighted by Crippen LogP contribution is 2.19. The van der Waals surface area contributed by atoms with Crippen molar-refractivity contribution in [2.75, 3.05) is 10.6 Å². The van der Waals surface area contributed by atoms with Gasteiger partial charge in [0.25, 0.3) is 0 Å². The molecule has 0 fully saturated rings. The summed E-state index contributed by atoms with van der Waals surface area (Å²) in [6.07, 6.45) is 3.52. The zero-order valence-electron chi connectivity index (χ0n) is 11.2. The fraction of sp³-hybridized carbons (Fsp3) is 0. The summed E-state index contributed by atoms with van der Waals surface area (Å²) < 4.78 is 1.71. The third-order valence-electron chi connectivity index (χ3n) is 2.94. The Labute approximate surface area is 122 Å². The molecular weight excluding hydrogens is 264 g/mol. The van der Waals surface area contributed by atoms with Gasteiger partial charge in [0.2, 0.25) is 0 Å². The second kappa shape index (κ2) is 5.92. The molecular formula is C16H14N4O. The van der Waals surface area contributed by atoms with Gasteiger partial charge in [0.15, 0.2) is 0 Å². The van der Waals surface area contributed by atoms with Crippen molar-refractivity contribution >= 4 is 17.4 Å². The molecule has 0 saturated carbocycles. The minimum Gasteiger partial charge on any atom is -0.308 e. The second-order valence-corrected chi connectivity index (χ2v) is 4.41. The molecule has 2 aromatic carbocycles. The van der Waals surface area contributed by atoms with Crippen molar-refractivity contribution in [2.45, 2.75) is 0 Å². The fourth-order valence-corrected chi connectivity index (χ4v) is 2.00. The van der Waals surface area contributed by atoms with Gasteiger partial charge >= 0.3 is 6.03 Å². The van der Waals surface area contributed by atoms with Gasteiger partial charge in [0.05, 0.1) is 11.4 Å². The van der Waals surface area contributed by atoms with Gasteiger partial charge in [-0.05, 0) is 30.3 Å². The molecule has 0 saturated heterocycles. The number of carbonyl (C=O) groups is 1. The highest BCUT2D eigenvalue weighted by atomic mass is 16.2. The third kappa shape index (κ3) is 3.09. The van der Waals surface area contributed by atoms with Crippen LogP contribution in [0.5, 0.6) is 0 Å². The standard InChI is InChI=1S/C16H14N4O/c21-16(18-13-7-2-1-3-8-13)19-14-9-4-5-10-15(14)20-12-6-11-17-20/h1-12H,(H2,18,19,21). The van der Waals surface area contributed by atoms with Crippen LogP contribution in [0.15, 0.2) is 73.1 Å². The van der Waals surface area contributed by atoms with E-state index >= 15 is 0 Å². The van der Waals surface area contributed by atoms with E-state index in [1.54, 1.807) is 10.9 Å². The Morgan fingerprint density at radius 3 is 2.43 bits per heavy atom. The number of urea groups is 1. The van der Waals surface area contributed by atoms with Crippen LogP contribution in [0.4, 0.5) is 16.2 Å². The minimum atomic E-state index is -0.291. The summed E-state index contributed by atoms with van der Waals surface area (Å²) in [7, 11) is 0. The second-order valence-electron chi connectivity index (χ2n) is 4.41. The number of hydrogen-bond donors (Lipinski definition) is 2. The minimum absolute atomic E-state index is 0.291. The number of nitrogens with zero attached hydrogens (tertiary/aromatic N) is 2. The fourth-order valence-electron chi connectivity index (χ4n) is 2.00. The van der Waals surface area contributed by atoms with Crippen LogP contribution in [0.25, 0.3) is 5.69 Å². The largest absolute Gasteiger partial charge is 0.323 e. The van der Waals surface area contributed by atoms with Gasteiger partial charge in [-0.15, -0.1) is 0 Å². The van der Waals surface area contributed by atoms with Gasteiger partial charge in [-0.1, -0.05) is 30.3 Å². The van der Waals surface area contributed by atoms with Gasteiger partial charge in [-0.3, -0.25) is 0 Å². The molecule has 0 atom stereocenters. The molecule has 0 bridgehead atoms. The first-order valence-corrected chi connectivity index (χ1v) is 6.55. The first-order valence-electron chi connectivity index (χ1n) is 6.55. The average Bonchev–Trinajstić information content (AvgIpc) is 3.03. The zero-order chi connectivity index (χ0) is 14.5. The first kappa shape index (κ1) is 12.9. The number of nitrogens with one attached hydrogen (secondary N) is 2.